The van der Waals surface area contributed by atoms with Crippen LogP contribution < -0.4 is 5.32 Å². The molecule has 3 rings (SSSR count). The first-order valence-corrected chi connectivity index (χ1v) is 7.81. The second kappa shape index (κ2) is 6.08. The van der Waals surface area contributed by atoms with Crippen LogP contribution in [0.25, 0.3) is 5.69 Å². The molecule has 0 bridgehead atoms. The number of halogens is 1. The van der Waals surface area contributed by atoms with Gasteiger partial charge in [-0.1, -0.05) is 11.6 Å². The molecule has 1 saturated heterocycles. The average molecular weight is 305 g/mol. The van der Waals surface area contributed by atoms with Gasteiger partial charge >= 0.3 is 0 Å². The standard InChI is InChI=1S/C16H21ClN4/c1-12(2)20-9-6-14(11-20)19-15-10-13(17)4-5-16(15)21-8-3-7-18-21/h3-5,7-8,10,12,14,19H,6,9,11H2,1-2H3. The highest BCUT2D eigenvalue weighted by Gasteiger charge is 2.24. The summed E-state index contributed by atoms with van der Waals surface area (Å²) in [6.07, 6.45) is 4.89. The van der Waals surface area contributed by atoms with Gasteiger partial charge in [-0.3, -0.25) is 4.90 Å². The number of nitrogens with zero attached hydrogens (tertiary/aromatic N) is 3. The minimum Gasteiger partial charge on any atom is -0.379 e. The van der Waals surface area contributed by atoms with Crippen LogP contribution in [0.1, 0.15) is 20.3 Å². The second-order valence-electron chi connectivity index (χ2n) is 5.83. The maximum Gasteiger partial charge on any atom is 0.0877 e. The molecular formula is C16H21ClN4. The lowest BCUT2D eigenvalue weighted by atomic mass is 10.2. The van der Waals surface area contributed by atoms with Crippen LogP contribution in [0, 0.1) is 0 Å². The Hall–Kier alpha value is -1.52. The zero-order chi connectivity index (χ0) is 14.8. The Morgan fingerprint density at radius 1 is 1.38 bits per heavy atom. The molecule has 2 heterocycles. The van der Waals surface area contributed by atoms with Crippen molar-refractivity contribution in [1.29, 1.82) is 0 Å². The summed E-state index contributed by atoms with van der Waals surface area (Å²) in [6, 6.07) is 8.87. The van der Waals surface area contributed by atoms with Crippen molar-refractivity contribution >= 4 is 17.3 Å². The predicted molar refractivity (Wildman–Crippen MR) is 87.3 cm³/mol. The molecule has 21 heavy (non-hydrogen) atoms. The highest BCUT2D eigenvalue weighted by Crippen LogP contribution is 2.26. The highest BCUT2D eigenvalue weighted by atomic mass is 35.5. The SMILES string of the molecule is CC(C)N1CCC(Nc2cc(Cl)ccc2-n2cccn2)C1. The van der Waals surface area contributed by atoms with E-state index in [1.807, 2.05) is 35.1 Å². The molecule has 1 aromatic heterocycles. The summed E-state index contributed by atoms with van der Waals surface area (Å²) in [5.41, 5.74) is 2.08. The molecule has 0 spiro atoms. The molecule has 1 unspecified atom stereocenters. The number of likely N-dealkylation sites (tertiary alicyclic amines) is 1. The number of hydrogen-bond acceptors (Lipinski definition) is 3. The summed E-state index contributed by atoms with van der Waals surface area (Å²) in [5.74, 6) is 0. The molecule has 1 aliphatic heterocycles. The van der Waals surface area contributed by atoms with Crippen molar-refractivity contribution in [1.82, 2.24) is 14.7 Å². The fraction of sp³-hybridized carbons (Fsp3) is 0.438. The molecule has 0 amide bonds. The number of nitrogens with one attached hydrogen (secondary N) is 1. The van der Waals surface area contributed by atoms with Gasteiger partial charge in [-0.05, 0) is 44.5 Å². The van der Waals surface area contributed by atoms with E-state index in [-0.39, 0.29) is 0 Å². The minimum absolute atomic E-state index is 0.458. The van der Waals surface area contributed by atoms with Crippen LogP contribution in [0.4, 0.5) is 5.69 Å². The Balaban J connectivity index is 1.81. The second-order valence-corrected chi connectivity index (χ2v) is 6.27. The van der Waals surface area contributed by atoms with Gasteiger partial charge in [-0.2, -0.15) is 5.10 Å². The molecule has 4 nitrogen and oxygen atoms in total. The highest BCUT2D eigenvalue weighted by molar-refractivity contribution is 6.31. The third kappa shape index (κ3) is 3.22. The summed E-state index contributed by atoms with van der Waals surface area (Å²) in [4.78, 5) is 2.50. The van der Waals surface area contributed by atoms with Crippen LogP contribution in [-0.2, 0) is 0 Å². The monoisotopic (exact) mass is 304 g/mol. The molecule has 1 aromatic carbocycles. The van der Waals surface area contributed by atoms with Gasteiger partial charge in [0.1, 0.15) is 0 Å². The molecule has 1 aliphatic rings. The van der Waals surface area contributed by atoms with E-state index < -0.39 is 0 Å². The molecule has 0 radical (unpaired) electrons. The van der Waals surface area contributed by atoms with Crippen molar-refractivity contribution in [2.75, 3.05) is 18.4 Å². The maximum absolute atomic E-state index is 6.16. The summed E-state index contributed by atoms with van der Waals surface area (Å²) in [6.45, 7) is 6.71. The molecule has 1 atom stereocenters. The first-order valence-electron chi connectivity index (χ1n) is 7.43. The van der Waals surface area contributed by atoms with E-state index in [1.165, 1.54) is 0 Å². The molecular weight excluding hydrogens is 284 g/mol. The largest absolute Gasteiger partial charge is 0.379 e. The normalized spacial score (nSPS) is 19.3. The predicted octanol–water partition coefficient (Wildman–Crippen LogP) is 3.42. The first-order chi connectivity index (χ1) is 10.1. The van der Waals surface area contributed by atoms with Gasteiger partial charge in [0, 0.05) is 42.6 Å². The van der Waals surface area contributed by atoms with Crippen LogP contribution in [-0.4, -0.2) is 39.9 Å². The Morgan fingerprint density at radius 3 is 2.90 bits per heavy atom. The average Bonchev–Trinajstić information content (AvgIpc) is 3.09. The number of hydrogen-bond donors (Lipinski definition) is 1. The molecule has 0 aliphatic carbocycles. The maximum atomic E-state index is 6.16. The topological polar surface area (TPSA) is 33.1 Å². The van der Waals surface area contributed by atoms with E-state index in [1.54, 1.807) is 6.20 Å². The van der Waals surface area contributed by atoms with E-state index >= 15 is 0 Å². The van der Waals surface area contributed by atoms with Crippen molar-refractivity contribution in [2.45, 2.75) is 32.4 Å². The van der Waals surface area contributed by atoms with E-state index in [0.717, 1.165) is 35.9 Å². The zero-order valence-corrected chi connectivity index (χ0v) is 13.2. The minimum atomic E-state index is 0.458. The Labute approximate surface area is 130 Å². The Bertz CT molecular complexity index is 594. The first kappa shape index (κ1) is 14.4. The number of aromatic nitrogens is 2. The number of benzene rings is 1. The molecule has 5 heteroatoms. The van der Waals surface area contributed by atoms with Gasteiger partial charge in [0.15, 0.2) is 0 Å². The molecule has 1 fully saturated rings. The van der Waals surface area contributed by atoms with Crippen LogP contribution in [0.3, 0.4) is 0 Å². The van der Waals surface area contributed by atoms with Crippen molar-refractivity contribution in [2.24, 2.45) is 0 Å². The molecule has 1 N–H and O–H groups in total. The van der Waals surface area contributed by atoms with Crippen LogP contribution in [0.5, 0.6) is 0 Å². The molecule has 2 aromatic rings. The van der Waals surface area contributed by atoms with Gasteiger partial charge in [0.05, 0.1) is 11.4 Å². The third-order valence-electron chi connectivity index (χ3n) is 4.02. The van der Waals surface area contributed by atoms with Crippen molar-refractivity contribution in [3.05, 3.63) is 41.7 Å². The van der Waals surface area contributed by atoms with Gasteiger partial charge < -0.3 is 5.32 Å². The van der Waals surface area contributed by atoms with Gasteiger partial charge in [-0.15, -0.1) is 0 Å². The molecule has 112 valence electrons. The van der Waals surface area contributed by atoms with E-state index in [9.17, 15) is 0 Å². The summed E-state index contributed by atoms with van der Waals surface area (Å²) in [5, 5.41) is 8.70. The summed E-state index contributed by atoms with van der Waals surface area (Å²) in [7, 11) is 0. The lowest BCUT2D eigenvalue weighted by Crippen LogP contribution is -2.31. The van der Waals surface area contributed by atoms with Crippen LogP contribution >= 0.6 is 11.6 Å². The van der Waals surface area contributed by atoms with Crippen molar-refractivity contribution < 1.29 is 0 Å². The van der Waals surface area contributed by atoms with Crippen LogP contribution in [0.15, 0.2) is 36.7 Å². The van der Waals surface area contributed by atoms with Crippen LogP contribution in [0.2, 0.25) is 5.02 Å². The summed E-state index contributed by atoms with van der Waals surface area (Å²) >= 11 is 6.16. The van der Waals surface area contributed by atoms with Crippen molar-refractivity contribution in [3.63, 3.8) is 0 Å². The third-order valence-corrected chi connectivity index (χ3v) is 4.25. The number of rotatable bonds is 4. The van der Waals surface area contributed by atoms with Gasteiger partial charge in [0.2, 0.25) is 0 Å². The lowest BCUT2D eigenvalue weighted by molar-refractivity contribution is 0.274. The smallest absolute Gasteiger partial charge is 0.0877 e. The van der Waals surface area contributed by atoms with E-state index in [0.29, 0.717) is 12.1 Å². The van der Waals surface area contributed by atoms with Gasteiger partial charge in [0.25, 0.3) is 0 Å². The Kier molecular flexibility index (Phi) is 4.17. The quantitative estimate of drug-likeness (QED) is 0.939. The fourth-order valence-corrected chi connectivity index (χ4v) is 3.00. The van der Waals surface area contributed by atoms with E-state index in [2.05, 4.69) is 29.2 Å². The van der Waals surface area contributed by atoms with Gasteiger partial charge in [-0.25, -0.2) is 4.68 Å². The molecule has 0 saturated carbocycles. The number of anilines is 1. The van der Waals surface area contributed by atoms with Crippen molar-refractivity contribution in [3.8, 4) is 5.69 Å². The van der Waals surface area contributed by atoms with E-state index in [4.69, 9.17) is 11.6 Å². The summed E-state index contributed by atoms with van der Waals surface area (Å²) < 4.78 is 1.87. The Morgan fingerprint density at radius 2 is 2.24 bits per heavy atom. The lowest BCUT2D eigenvalue weighted by Gasteiger charge is -2.21. The zero-order valence-electron chi connectivity index (χ0n) is 12.5. The fourth-order valence-electron chi connectivity index (χ4n) is 2.83.